The molecular formula is C14H26N2O2. The minimum atomic E-state index is -0.402. The minimum Gasteiger partial charge on any atom is -0.444 e. The molecule has 2 aliphatic rings. The summed E-state index contributed by atoms with van der Waals surface area (Å²) in [5.74, 6) is 0.654. The highest BCUT2D eigenvalue weighted by atomic mass is 16.6. The number of ether oxygens (including phenoxy) is 1. The molecule has 0 aromatic rings. The van der Waals surface area contributed by atoms with Crippen molar-refractivity contribution in [2.24, 2.45) is 5.92 Å². The molecule has 2 saturated heterocycles. The molecule has 2 heterocycles. The third-order valence-electron chi connectivity index (χ3n) is 3.84. The Labute approximate surface area is 110 Å². The second-order valence-corrected chi connectivity index (χ2v) is 6.49. The molecule has 0 aromatic carbocycles. The molecule has 4 nitrogen and oxygen atoms in total. The number of amides is 1. The molecule has 2 fully saturated rings. The molecule has 0 bridgehead atoms. The van der Waals surface area contributed by atoms with E-state index in [0.717, 1.165) is 26.1 Å². The number of fused-ring (bicyclic) bond motifs is 1. The molecular weight excluding hydrogens is 228 g/mol. The normalized spacial score (nSPS) is 29.4. The van der Waals surface area contributed by atoms with Gasteiger partial charge in [-0.2, -0.15) is 0 Å². The summed E-state index contributed by atoms with van der Waals surface area (Å²) in [5.41, 5.74) is -0.402. The van der Waals surface area contributed by atoms with Gasteiger partial charge in [0.1, 0.15) is 5.60 Å². The third kappa shape index (κ3) is 3.37. The standard InChI is InChI=1S/C14H26N2O2/c1-14(2,3)18-13(17)16-9-5-4-6-11-7-8-15-10-12(11)16/h11-12,15H,4-10H2,1-3H3/t11-,12-/m1/s1. The van der Waals surface area contributed by atoms with Gasteiger partial charge in [0.15, 0.2) is 0 Å². The number of likely N-dealkylation sites (tertiary alicyclic amines) is 1. The number of carbonyl (C=O) groups excluding carboxylic acids is 1. The van der Waals surface area contributed by atoms with Gasteiger partial charge >= 0.3 is 6.09 Å². The van der Waals surface area contributed by atoms with Crippen LogP contribution >= 0.6 is 0 Å². The zero-order valence-electron chi connectivity index (χ0n) is 11.9. The van der Waals surface area contributed by atoms with Gasteiger partial charge in [0, 0.05) is 13.1 Å². The topological polar surface area (TPSA) is 41.6 Å². The maximum absolute atomic E-state index is 12.3. The maximum atomic E-state index is 12.3. The molecule has 0 spiro atoms. The number of hydrogen-bond donors (Lipinski definition) is 1. The predicted octanol–water partition coefficient (Wildman–Crippen LogP) is 2.39. The SMILES string of the molecule is CC(C)(C)OC(=O)N1CCCC[C@@H]2CCNC[C@H]21. The average molecular weight is 254 g/mol. The Morgan fingerprint density at radius 1 is 1.28 bits per heavy atom. The number of nitrogens with zero attached hydrogens (tertiary/aromatic N) is 1. The second-order valence-electron chi connectivity index (χ2n) is 6.49. The summed E-state index contributed by atoms with van der Waals surface area (Å²) in [7, 11) is 0. The Balaban J connectivity index is 2.06. The van der Waals surface area contributed by atoms with Crippen molar-refractivity contribution in [3.63, 3.8) is 0 Å². The number of hydrogen-bond acceptors (Lipinski definition) is 3. The van der Waals surface area contributed by atoms with Crippen LogP contribution in [0.5, 0.6) is 0 Å². The number of carbonyl (C=O) groups is 1. The van der Waals surface area contributed by atoms with Gasteiger partial charge in [0.2, 0.25) is 0 Å². The molecule has 104 valence electrons. The van der Waals surface area contributed by atoms with E-state index >= 15 is 0 Å². The van der Waals surface area contributed by atoms with Crippen molar-refractivity contribution >= 4 is 6.09 Å². The van der Waals surface area contributed by atoms with Crippen LogP contribution in [0.1, 0.15) is 46.5 Å². The fourth-order valence-electron chi connectivity index (χ4n) is 3.00. The Bertz CT molecular complexity index is 299. The van der Waals surface area contributed by atoms with E-state index in [1.807, 2.05) is 25.7 Å². The van der Waals surface area contributed by atoms with Crippen LogP contribution in [-0.2, 0) is 4.74 Å². The maximum Gasteiger partial charge on any atom is 0.410 e. The van der Waals surface area contributed by atoms with Crippen molar-refractivity contribution in [3.8, 4) is 0 Å². The number of rotatable bonds is 0. The summed E-state index contributed by atoms with van der Waals surface area (Å²) >= 11 is 0. The van der Waals surface area contributed by atoms with Crippen LogP contribution < -0.4 is 5.32 Å². The molecule has 1 N–H and O–H groups in total. The first-order valence-corrected chi connectivity index (χ1v) is 7.18. The lowest BCUT2D eigenvalue weighted by Crippen LogP contribution is -2.53. The summed E-state index contributed by atoms with van der Waals surface area (Å²) in [6, 6.07) is 0.330. The van der Waals surface area contributed by atoms with Gasteiger partial charge in [0.05, 0.1) is 6.04 Å². The molecule has 2 atom stereocenters. The quantitative estimate of drug-likeness (QED) is 0.721. The van der Waals surface area contributed by atoms with E-state index in [-0.39, 0.29) is 6.09 Å². The van der Waals surface area contributed by atoms with Crippen molar-refractivity contribution in [1.82, 2.24) is 10.2 Å². The van der Waals surface area contributed by atoms with E-state index in [1.165, 1.54) is 19.3 Å². The summed E-state index contributed by atoms with van der Waals surface area (Å²) in [6.45, 7) is 8.64. The van der Waals surface area contributed by atoms with E-state index in [1.54, 1.807) is 0 Å². The Kier molecular flexibility index (Phi) is 4.15. The first-order chi connectivity index (χ1) is 8.47. The lowest BCUT2D eigenvalue weighted by Gasteiger charge is -2.39. The van der Waals surface area contributed by atoms with Crippen LogP contribution in [0.15, 0.2) is 0 Å². The summed E-state index contributed by atoms with van der Waals surface area (Å²) < 4.78 is 5.54. The van der Waals surface area contributed by atoms with Gasteiger partial charge < -0.3 is 15.0 Å². The van der Waals surface area contributed by atoms with Crippen molar-refractivity contribution in [1.29, 1.82) is 0 Å². The molecule has 0 unspecified atom stereocenters. The van der Waals surface area contributed by atoms with E-state index in [0.29, 0.717) is 12.0 Å². The van der Waals surface area contributed by atoms with Crippen LogP contribution in [0.2, 0.25) is 0 Å². The van der Waals surface area contributed by atoms with Crippen LogP contribution in [0.25, 0.3) is 0 Å². The highest BCUT2D eigenvalue weighted by Crippen LogP contribution is 2.28. The Hall–Kier alpha value is -0.770. The predicted molar refractivity (Wildman–Crippen MR) is 71.6 cm³/mol. The van der Waals surface area contributed by atoms with Crippen molar-refractivity contribution < 1.29 is 9.53 Å². The monoisotopic (exact) mass is 254 g/mol. The molecule has 1 amide bonds. The summed E-state index contributed by atoms with van der Waals surface area (Å²) in [6.07, 6.45) is 4.64. The molecule has 0 aliphatic carbocycles. The Morgan fingerprint density at radius 2 is 2.06 bits per heavy atom. The third-order valence-corrected chi connectivity index (χ3v) is 3.84. The molecule has 2 rings (SSSR count). The first-order valence-electron chi connectivity index (χ1n) is 7.18. The molecule has 4 heteroatoms. The van der Waals surface area contributed by atoms with Gasteiger partial charge in [-0.15, -0.1) is 0 Å². The average Bonchev–Trinajstić information content (AvgIpc) is 2.48. The fraction of sp³-hybridized carbons (Fsp3) is 0.929. The number of piperidine rings is 1. The van der Waals surface area contributed by atoms with Crippen LogP contribution in [0, 0.1) is 5.92 Å². The largest absolute Gasteiger partial charge is 0.444 e. The molecule has 18 heavy (non-hydrogen) atoms. The van der Waals surface area contributed by atoms with Crippen molar-refractivity contribution in [3.05, 3.63) is 0 Å². The lowest BCUT2D eigenvalue weighted by atomic mass is 9.89. The van der Waals surface area contributed by atoms with E-state index in [2.05, 4.69) is 5.32 Å². The van der Waals surface area contributed by atoms with E-state index in [9.17, 15) is 4.79 Å². The smallest absolute Gasteiger partial charge is 0.410 e. The van der Waals surface area contributed by atoms with Crippen molar-refractivity contribution in [2.75, 3.05) is 19.6 Å². The van der Waals surface area contributed by atoms with Crippen LogP contribution in [0.3, 0.4) is 0 Å². The fourth-order valence-corrected chi connectivity index (χ4v) is 3.00. The Morgan fingerprint density at radius 3 is 2.78 bits per heavy atom. The zero-order valence-corrected chi connectivity index (χ0v) is 11.9. The molecule has 2 aliphatic heterocycles. The first kappa shape index (κ1) is 13.7. The van der Waals surface area contributed by atoms with E-state index < -0.39 is 5.60 Å². The summed E-state index contributed by atoms with van der Waals surface area (Å²) in [5, 5.41) is 3.41. The highest BCUT2D eigenvalue weighted by molar-refractivity contribution is 5.68. The van der Waals surface area contributed by atoms with Gasteiger partial charge in [0.25, 0.3) is 0 Å². The van der Waals surface area contributed by atoms with Crippen molar-refractivity contribution in [2.45, 2.75) is 58.1 Å². The van der Waals surface area contributed by atoms with E-state index in [4.69, 9.17) is 4.74 Å². The number of nitrogens with one attached hydrogen (secondary N) is 1. The molecule has 0 saturated carbocycles. The summed E-state index contributed by atoms with van der Waals surface area (Å²) in [4.78, 5) is 14.3. The second kappa shape index (κ2) is 5.47. The minimum absolute atomic E-state index is 0.136. The zero-order chi connectivity index (χ0) is 13.2. The van der Waals surface area contributed by atoms with Gasteiger partial charge in [-0.1, -0.05) is 6.42 Å². The lowest BCUT2D eigenvalue weighted by molar-refractivity contribution is 0.00886. The highest BCUT2D eigenvalue weighted by Gasteiger charge is 2.36. The van der Waals surface area contributed by atoms with Gasteiger partial charge in [-0.25, -0.2) is 4.79 Å². The molecule has 0 aromatic heterocycles. The van der Waals surface area contributed by atoms with Crippen LogP contribution in [0.4, 0.5) is 4.79 Å². The van der Waals surface area contributed by atoms with Gasteiger partial charge in [-0.3, -0.25) is 0 Å². The van der Waals surface area contributed by atoms with Gasteiger partial charge in [-0.05, 0) is 52.5 Å². The van der Waals surface area contributed by atoms with Crippen LogP contribution in [-0.4, -0.2) is 42.3 Å². The molecule has 0 radical (unpaired) electrons.